The molecule has 4 amide bonds. The van der Waals surface area contributed by atoms with Crippen LogP contribution in [0, 0.1) is 24.2 Å². The summed E-state index contributed by atoms with van der Waals surface area (Å²) in [5, 5.41) is 30.5. The van der Waals surface area contributed by atoms with E-state index < -0.39 is 41.4 Å². The number of amides is 4. The van der Waals surface area contributed by atoms with Gasteiger partial charge >= 0.3 is 5.97 Å². The molecule has 0 saturated carbocycles. The van der Waals surface area contributed by atoms with E-state index in [4.69, 9.17) is 14.2 Å². The molecule has 2 aliphatic rings. The molecule has 4 aromatic carbocycles. The van der Waals surface area contributed by atoms with Gasteiger partial charge in [-0.3, -0.25) is 24.5 Å². The van der Waals surface area contributed by atoms with E-state index in [0.717, 1.165) is 48.6 Å². The largest absolute Gasteiger partial charge is 0.494 e. The number of carboxylic acid groups (broad SMARTS) is 1. The van der Waals surface area contributed by atoms with Crippen LogP contribution in [-0.4, -0.2) is 124 Å². The summed E-state index contributed by atoms with van der Waals surface area (Å²) in [4.78, 5) is 85.0. The van der Waals surface area contributed by atoms with Crippen LogP contribution >= 0.6 is 34.0 Å². The van der Waals surface area contributed by atoms with Crippen LogP contribution < -0.4 is 25.6 Å². The van der Waals surface area contributed by atoms with Crippen molar-refractivity contribution in [2.75, 3.05) is 56.3 Å². The van der Waals surface area contributed by atoms with Crippen LogP contribution in [0.15, 0.2) is 96.5 Å². The fourth-order valence-corrected chi connectivity index (χ4v) is 12.5. The van der Waals surface area contributed by atoms with E-state index in [-0.39, 0.29) is 50.2 Å². The Morgan fingerprint density at radius 1 is 0.890 bits per heavy atom. The number of hydrogen-bond acceptors (Lipinski definition) is 16. The Bertz CT molecular complexity index is 3420. The van der Waals surface area contributed by atoms with Crippen molar-refractivity contribution in [1.82, 2.24) is 30.5 Å². The summed E-state index contributed by atoms with van der Waals surface area (Å²) in [6.07, 6.45) is 2.27. The van der Waals surface area contributed by atoms with Crippen LogP contribution in [0.1, 0.15) is 100 Å². The van der Waals surface area contributed by atoms with Crippen molar-refractivity contribution in [3.05, 3.63) is 141 Å². The fourth-order valence-electron chi connectivity index (χ4n) is 9.73. The zero-order chi connectivity index (χ0) is 57.8. The van der Waals surface area contributed by atoms with E-state index in [9.17, 15) is 34.2 Å². The lowest BCUT2D eigenvalue weighted by atomic mass is 9.85. The van der Waals surface area contributed by atoms with E-state index >= 15 is 0 Å². The van der Waals surface area contributed by atoms with Crippen LogP contribution in [0.25, 0.3) is 20.7 Å². The molecule has 0 bridgehead atoms. The number of carbonyl (C=O) groups excluding carboxylic acids is 4. The van der Waals surface area contributed by atoms with E-state index in [1.54, 1.807) is 11.3 Å². The van der Waals surface area contributed by atoms with Gasteiger partial charge in [-0.05, 0) is 109 Å². The third-order valence-electron chi connectivity index (χ3n) is 14.0. The zero-order valence-corrected chi connectivity index (χ0v) is 48.6. The number of hydrogen-bond donors (Lipinski definition) is 5. The van der Waals surface area contributed by atoms with Crippen LogP contribution in [0.4, 0.5) is 10.3 Å². The first-order valence-corrected chi connectivity index (χ1v) is 29.8. The standard InChI is InChI=1S/C61H66N8O10S3/c1-38-53(80-37-63-38)42-22-18-40(19-23-42)33-62-56(73)48-32-43(70)34-69(48)57(74)54(61(2,3)4)65-51(71)36-78-29-8-7-28-77-30-10-12-39-20-24-44(25-21-39)79-31-11-17-50-52(58(75)76)66-60(82-50)68-27-26-41-13-9-14-45(46(41)35-68)55(72)67-59-64-47-15-5-6-16-49(47)81-59/h5-6,9,13-16,18-25,37,43,48,54,70H,7-8,11,17,26-36H2,1-4H3,(H,62,73)(H,65,71)(H,75,76)(H,64,67,72)/t43-,48+,54-/m1/s1. The van der Waals surface area contributed by atoms with E-state index in [0.29, 0.717) is 91.5 Å². The predicted octanol–water partition coefficient (Wildman–Crippen LogP) is 8.68. The average molecular weight is 1170 g/mol. The molecule has 1 fully saturated rings. The summed E-state index contributed by atoms with van der Waals surface area (Å²) in [5.41, 5.74) is 8.18. The summed E-state index contributed by atoms with van der Waals surface area (Å²) in [5.74, 6) is 4.18. The van der Waals surface area contributed by atoms with Crippen LogP contribution in [0.5, 0.6) is 5.75 Å². The van der Waals surface area contributed by atoms with Gasteiger partial charge in [0.2, 0.25) is 17.7 Å². The molecule has 2 aliphatic heterocycles. The molecule has 82 heavy (non-hydrogen) atoms. The lowest BCUT2D eigenvalue weighted by Crippen LogP contribution is -2.58. The Balaban J connectivity index is 0.646. The van der Waals surface area contributed by atoms with Gasteiger partial charge in [-0.1, -0.05) is 92.5 Å². The molecular weight excluding hydrogens is 1100 g/mol. The molecule has 1 saturated heterocycles. The van der Waals surface area contributed by atoms with Gasteiger partial charge in [0.05, 0.1) is 39.0 Å². The highest BCUT2D eigenvalue weighted by molar-refractivity contribution is 7.22. The first-order chi connectivity index (χ1) is 39.6. The first kappa shape index (κ1) is 59.1. The highest BCUT2D eigenvalue weighted by atomic mass is 32.1. The molecule has 0 unspecified atom stereocenters. The topological polar surface area (TPSA) is 235 Å². The number of aliphatic hydroxyl groups is 1. The van der Waals surface area contributed by atoms with Gasteiger partial charge in [0, 0.05) is 61.8 Å². The molecule has 5 N–H and O–H groups in total. The number of unbranched alkanes of at least 4 members (excludes halogenated alkanes) is 1. The van der Waals surface area contributed by atoms with Crippen molar-refractivity contribution < 1.29 is 48.4 Å². The molecule has 9 rings (SSSR count). The number of carboxylic acids is 1. The third kappa shape index (κ3) is 15.3. The van der Waals surface area contributed by atoms with Crippen molar-refractivity contribution in [2.45, 2.75) is 97.5 Å². The van der Waals surface area contributed by atoms with Crippen LogP contribution in [0.3, 0.4) is 0 Å². The maximum Gasteiger partial charge on any atom is 0.355 e. The minimum Gasteiger partial charge on any atom is -0.494 e. The molecule has 3 aromatic heterocycles. The third-order valence-corrected chi connectivity index (χ3v) is 17.1. The van der Waals surface area contributed by atoms with Crippen molar-refractivity contribution in [3.63, 3.8) is 0 Å². The smallest absolute Gasteiger partial charge is 0.355 e. The normalized spacial score (nSPS) is 15.3. The number of likely N-dealkylation sites (tertiary alicyclic amines) is 1. The molecule has 0 aliphatic carbocycles. The zero-order valence-electron chi connectivity index (χ0n) is 46.2. The van der Waals surface area contributed by atoms with Gasteiger partial charge in [-0.15, -0.1) is 22.7 Å². The maximum absolute atomic E-state index is 14.0. The lowest BCUT2D eigenvalue weighted by Gasteiger charge is -2.35. The number of aliphatic hydroxyl groups excluding tert-OH is 1. The summed E-state index contributed by atoms with van der Waals surface area (Å²) < 4.78 is 18.3. The highest BCUT2D eigenvalue weighted by Gasteiger charge is 2.44. The summed E-state index contributed by atoms with van der Waals surface area (Å²) in [6.45, 7) is 9.87. The van der Waals surface area contributed by atoms with Gasteiger partial charge in [0.25, 0.3) is 5.91 Å². The highest BCUT2D eigenvalue weighted by Crippen LogP contribution is 2.34. The number of thiazole rings is 3. The number of aromatic nitrogens is 3. The van der Waals surface area contributed by atoms with Crippen LogP contribution in [-0.2, 0) is 49.8 Å². The second-order valence-corrected chi connectivity index (χ2v) is 24.1. The summed E-state index contributed by atoms with van der Waals surface area (Å²) >= 11 is 4.35. The van der Waals surface area contributed by atoms with Crippen molar-refractivity contribution in [3.8, 4) is 28.0 Å². The number of aryl methyl sites for hydroxylation is 2. The quantitative estimate of drug-likeness (QED) is 0.0298. The number of ether oxygens (including phenoxy) is 3. The Morgan fingerprint density at radius 2 is 1.67 bits per heavy atom. The van der Waals surface area contributed by atoms with Crippen molar-refractivity contribution >= 4 is 84.1 Å². The molecule has 0 spiro atoms. The Hall–Kier alpha value is -7.58. The summed E-state index contributed by atoms with van der Waals surface area (Å²) in [7, 11) is 0. The number of benzene rings is 4. The predicted molar refractivity (Wildman–Crippen MR) is 317 cm³/mol. The number of fused-ring (bicyclic) bond motifs is 2. The van der Waals surface area contributed by atoms with Crippen LogP contribution in [0.2, 0.25) is 0 Å². The fraction of sp³-hybridized carbons (Fsp3) is 0.377. The van der Waals surface area contributed by atoms with Gasteiger partial charge in [0.1, 0.15) is 31.0 Å². The second-order valence-electron chi connectivity index (χ2n) is 21.2. The Kier molecular flexibility index (Phi) is 19.8. The molecule has 3 atom stereocenters. The molecule has 5 heterocycles. The lowest BCUT2D eigenvalue weighted by molar-refractivity contribution is -0.144. The molecule has 428 valence electrons. The van der Waals surface area contributed by atoms with Crippen molar-refractivity contribution in [1.29, 1.82) is 0 Å². The number of aromatic carboxylic acids is 1. The number of anilines is 2. The number of nitrogens with one attached hydrogen (secondary N) is 3. The number of carbonyl (C=O) groups is 5. The van der Waals surface area contributed by atoms with E-state index in [1.807, 2.05) is 129 Å². The SMILES string of the molecule is Cc1ncsc1-c1ccc(CNC(=O)[C@@H]2C[C@@H](O)CN2C(=O)[C@@H](NC(=O)COCCCCOCC#Cc2ccc(OCCCc3sc(N4CCc5cccc(C(=O)Nc6nc7ccccc7s6)c5C4)nc3C(=O)O)cc2)C(C)(C)C)cc1. The van der Waals surface area contributed by atoms with Gasteiger partial charge in [0.15, 0.2) is 16.0 Å². The summed E-state index contributed by atoms with van der Waals surface area (Å²) in [6, 6.07) is 26.9. The monoisotopic (exact) mass is 1170 g/mol. The van der Waals surface area contributed by atoms with E-state index in [1.165, 1.54) is 27.6 Å². The maximum atomic E-state index is 14.0. The molecular formula is C61H66N8O10S3. The second kappa shape index (κ2) is 27.5. The molecule has 21 heteroatoms. The van der Waals surface area contributed by atoms with Gasteiger partial charge in [-0.25, -0.2) is 19.7 Å². The van der Waals surface area contributed by atoms with Crippen molar-refractivity contribution in [2.24, 2.45) is 5.41 Å². The van der Waals surface area contributed by atoms with Gasteiger partial charge in [-0.2, -0.15) is 0 Å². The minimum atomic E-state index is -1.08. The van der Waals surface area contributed by atoms with Gasteiger partial charge < -0.3 is 44.9 Å². The molecule has 7 aromatic rings. The Morgan fingerprint density at radius 3 is 2.41 bits per heavy atom. The number of rotatable bonds is 23. The molecule has 18 nitrogen and oxygen atoms in total. The average Bonchev–Trinajstić information content (AvgIpc) is 4.38. The van der Waals surface area contributed by atoms with E-state index in [2.05, 4.69) is 42.7 Å². The number of β-amino-alcohol motifs (C(OH)–C–C–N with tert-alkyl or cyclic N) is 1. The minimum absolute atomic E-state index is 0.0195. The number of nitrogens with zero attached hydrogens (tertiary/aromatic N) is 5. The molecule has 0 radical (unpaired) electrons. The first-order valence-electron chi connectivity index (χ1n) is 27.3. The number of para-hydroxylation sites is 1. The Labute approximate surface area is 488 Å².